The molecule has 1 amide bonds. The van der Waals surface area contributed by atoms with Gasteiger partial charge in [0.2, 0.25) is 5.91 Å². The number of phosphoric ester groups is 1. The molecule has 0 fully saturated rings. The number of nitrogens with one attached hydrogen (secondary N) is 1. The zero-order chi connectivity index (χ0) is 48.4. The Kier molecular flexibility index (Phi) is 48.3. The van der Waals surface area contributed by atoms with E-state index in [1.807, 2.05) is 0 Å². The van der Waals surface area contributed by atoms with Gasteiger partial charge < -0.3 is 25.2 Å². The van der Waals surface area contributed by atoms with Crippen LogP contribution in [0, 0.1) is 0 Å². The molecule has 66 heavy (non-hydrogen) atoms. The smallest absolute Gasteiger partial charge is 0.472 e. The largest absolute Gasteiger partial charge is 0.480 e. The summed E-state index contributed by atoms with van der Waals surface area (Å²) in [6.07, 6.45) is 53.8. The van der Waals surface area contributed by atoms with Gasteiger partial charge in [-0.1, -0.05) is 244 Å². The molecule has 3 atom stereocenters. The number of carboxylic acids is 1. The van der Waals surface area contributed by atoms with Crippen molar-refractivity contribution in [1.82, 2.24) is 5.32 Å². The zero-order valence-corrected chi connectivity index (χ0v) is 43.7. The lowest BCUT2D eigenvalue weighted by Crippen LogP contribution is -2.43. The minimum atomic E-state index is -4.76. The number of carboxylic acid groups (broad SMARTS) is 1. The first-order chi connectivity index (χ1) is 32.1. The second-order valence-electron chi connectivity index (χ2n) is 19.1. The van der Waals surface area contributed by atoms with E-state index in [-0.39, 0.29) is 12.8 Å². The average molecular weight is 958 g/mol. The summed E-state index contributed by atoms with van der Waals surface area (Å²) in [5.74, 6) is -2.35. The first-order valence-electron chi connectivity index (χ1n) is 27.7. The second-order valence-corrected chi connectivity index (χ2v) is 20.6. The SMILES string of the molecule is CCCCCCCC/C=C/CCCCCCCCCCCCCCCC(=O)NC(COP(=O)(O)OCC(O)COC(=O)CCCCCCCCCCCCCCCCCCCCC)C(=O)O. The maximum atomic E-state index is 12.4. The summed E-state index contributed by atoms with van der Waals surface area (Å²) in [7, 11) is -4.76. The normalized spacial score (nSPS) is 13.5. The average Bonchev–Trinajstić information content (AvgIpc) is 3.29. The number of aliphatic hydroxyl groups is 1. The molecule has 0 heterocycles. The lowest BCUT2D eigenvalue weighted by molar-refractivity contribution is -0.147. The van der Waals surface area contributed by atoms with E-state index in [4.69, 9.17) is 13.8 Å². The molecule has 0 radical (unpaired) electrons. The fourth-order valence-corrected chi connectivity index (χ4v) is 9.03. The lowest BCUT2D eigenvalue weighted by Gasteiger charge is -2.18. The van der Waals surface area contributed by atoms with Crippen LogP contribution in [0.2, 0.25) is 0 Å². The molecule has 4 N–H and O–H groups in total. The Morgan fingerprint density at radius 2 is 0.788 bits per heavy atom. The topological polar surface area (TPSA) is 169 Å². The van der Waals surface area contributed by atoms with Crippen LogP contribution in [0.4, 0.5) is 0 Å². The van der Waals surface area contributed by atoms with E-state index in [1.165, 1.54) is 205 Å². The minimum Gasteiger partial charge on any atom is -0.480 e. The van der Waals surface area contributed by atoms with E-state index in [2.05, 4.69) is 31.3 Å². The lowest BCUT2D eigenvalue weighted by atomic mass is 10.0. The Morgan fingerprint density at radius 3 is 1.15 bits per heavy atom. The van der Waals surface area contributed by atoms with Crippen LogP contribution >= 0.6 is 7.82 Å². The molecule has 0 aromatic heterocycles. The van der Waals surface area contributed by atoms with Crippen LogP contribution in [0.5, 0.6) is 0 Å². The first kappa shape index (κ1) is 64.2. The molecule has 0 saturated carbocycles. The number of hydrogen-bond acceptors (Lipinski definition) is 8. The summed E-state index contributed by atoms with van der Waals surface area (Å²) >= 11 is 0. The van der Waals surface area contributed by atoms with Crippen LogP contribution in [0.1, 0.15) is 284 Å². The van der Waals surface area contributed by atoms with Gasteiger partial charge in [-0.2, -0.15) is 0 Å². The van der Waals surface area contributed by atoms with E-state index >= 15 is 0 Å². The van der Waals surface area contributed by atoms with E-state index in [0.29, 0.717) is 12.8 Å². The first-order valence-corrected chi connectivity index (χ1v) is 29.2. The van der Waals surface area contributed by atoms with Crippen LogP contribution in [0.25, 0.3) is 0 Å². The number of hydrogen-bond donors (Lipinski definition) is 4. The minimum absolute atomic E-state index is 0.150. The quantitative estimate of drug-likeness (QED) is 0.0199. The van der Waals surface area contributed by atoms with Crippen molar-refractivity contribution in [1.29, 1.82) is 0 Å². The molecule has 3 unspecified atom stereocenters. The van der Waals surface area contributed by atoms with Gasteiger partial charge in [-0.25, -0.2) is 9.36 Å². The van der Waals surface area contributed by atoms with Gasteiger partial charge in [0.05, 0.1) is 13.2 Å². The molecule has 0 saturated heterocycles. The summed E-state index contributed by atoms with van der Waals surface area (Å²) in [5.41, 5.74) is 0. The molecular weight excluding hydrogens is 854 g/mol. The van der Waals surface area contributed by atoms with E-state index < -0.39 is 57.6 Å². The summed E-state index contributed by atoms with van der Waals surface area (Å²) in [5, 5.41) is 22.0. The highest BCUT2D eigenvalue weighted by molar-refractivity contribution is 7.47. The molecule has 0 bridgehead atoms. The number of ether oxygens (including phenoxy) is 1. The highest BCUT2D eigenvalue weighted by atomic mass is 31.2. The van der Waals surface area contributed by atoms with Gasteiger partial charge in [0, 0.05) is 12.8 Å². The second kappa shape index (κ2) is 49.6. The van der Waals surface area contributed by atoms with Crippen LogP contribution < -0.4 is 5.32 Å². The Morgan fingerprint density at radius 1 is 0.470 bits per heavy atom. The fraction of sp³-hybridized carbons (Fsp3) is 0.907. The van der Waals surface area contributed by atoms with Crippen LogP contribution in [-0.4, -0.2) is 64.9 Å². The van der Waals surface area contributed by atoms with Crippen LogP contribution in [-0.2, 0) is 32.7 Å². The number of amides is 1. The molecule has 12 heteroatoms. The van der Waals surface area contributed by atoms with Crippen molar-refractivity contribution in [3.8, 4) is 0 Å². The highest BCUT2D eigenvalue weighted by Gasteiger charge is 2.28. The molecule has 0 aliphatic heterocycles. The van der Waals surface area contributed by atoms with Crippen molar-refractivity contribution in [2.75, 3.05) is 19.8 Å². The Bertz CT molecular complexity index is 1170. The molecule has 11 nitrogen and oxygen atoms in total. The van der Waals surface area contributed by atoms with E-state index in [9.17, 15) is 34.1 Å². The number of rotatable bonds is 53. The van der Waals surface area contributed by atoms with Gasteiger partial charge in [-0.05, 0) is 38.5 Å². The molecule has 390 valence electrons. The number of phosphoric acid groups is 1. The van der Waals surface area contributed by atoms with Gasteiger partial charge in [0.1, 0.15) is 12.7 Å². The zero-order valence-electron chi connectivity index (χ0n) is 42.8. The number of aliphatic hydroxyl groups excluding tert-OH is 1. The van der Waals surface area contributed by atoms with Crippen molar-refractivity contribution < 1.29 is 47.8 Å². The number of allylic oxidation sites excluding steroid dienone is 2. The third-order valence-corrected chi connectivity index (χ3v) is 13.5. The van der Waals surface area contributed by atoms with Gasteiger partial charge in [0.25, 0.3) is 0 Å². The number of carbonyl (C=O) groups excluding carboxylic acids is 2. The maximum absolute atomic E-state index is 12.4. The predicted octanol–water partition coefficient (Wildman–Crippen LogP) is 15.6. The van der Waals surface area contributed by atoms with E-state index in [0.717, 1.165) is 38.5 Å². The number of unbranched alkanes of at least 4 members (excludes halogenated alkanes) is 37. The Hall–Kier alpha value is -1.78. The summed E-state index contributed by atoms with van der Waals surface area (Å²) in [4.78, 5) is 46.2. The van der Waals surface area contributed by atoms with Crippen molar-refractivity contribution in [3.63, 3.8) is 0 Å². The van der Waals surface area contributed by atoms with Crippen LogP contribution in [0.15, 0.2) is 12.2 Å². The summed E-state index contributed by atoms with van der Waals surface area (Å²) in [6, 6.07) is -1.54. The highest BCUT2D eigenvalue weighted by Crippen LogP contribution is 2.43. The van der Waals surface area contributed by atoms with Gasteiger partial charge >= 0.3 is 19.8 Å². The Labute approximate surface area is 405 Å². The third kappa shape index (κ3) is 48.7. The third-order valence-electron chi connectivity index (χ3n) is 12.6. The molecule has 0 aliphatic carbocycles. The predicted molar refractivity (Wildman–Crippen MR) is 273 cm³/mol. The van der Waals surface area contributed by atoms with Crippen molar-refractivity contribution in [2.45, 2.75) is 296 Å². The van der Waals surface area contributed by atoms with Crippen molar-refractivity contribution in [2.24, 2.45) is 0 Å². The van der Waals surface area contributed by atoms with Crippen molar-refractivity contribution in [3.05, 3.63) is 12.2 Å². The monoisotopic (exact) mass is 958 g/mol. The van der Waals surface area contributed by atoms with Crippen molar-refractivity contribution >= 4 is 25.7 Å². The maximum Gasteiger partial charge on any atom is 0.472 e. The van der Waals surface area contributed by atoms with E-state index in [1.54, 1.807) is 0 Å². The molecular formula is C54H104NO10P. The Balaban J connectivity index is 3.76. The van der Waals surface area contributed by atoms with Gasteiger partial charge in [0.15, 0.2) is 6.04 Å². The molecule has 0 aromatic rings. The molecule has 0 aliphatic rings. The molecule has 0 aromatic carbocycles. The number of esters is 1. The number of aliphatic carboxylic acids is 1. The van der Waals surface area contributed by atoms with Gasteiger partial charge in [-0.15, -0.1) is 0 Å². The van der Waals surface area contributed by atoms with Crippen LogP contribution in [0.3, 0.4) is 0 Å². The molecule has 0 rings (SSSR count). The number of carbonyl (C=O) groups is 3. The van der Waals surface area contributed by atoms with Gasteiger partial charge in [-0.3, -0.25) is 18.6 Å². The standard InChI is InChI=1S/C54H104NO10P/c1-3-5-7-9-11-13-15-17-19-21-23-24-25-26-28-29-31-33-35-37-39-41-43-45-52(57)55-51(54(59)60)49-65-66(61,62)64-48-50(56)47-63-53(58)46-44-42-40-38-36-34-32-30-27-22-20-18-16-14-12-10-8-6-4-2/h17,19,50-51,56H,3-16,18,20-49H2,1-2H3,(H,55,57)(H,59,60)(H,61,62)/b19-17+. The fourth-order valence-electron chi connectivity index (χ4n) is 8.26. The summed E-state index contributed by atoms with van der Waals surface area (Å²) < 4.78 is 27.0. The summed E-state index contributed by atoms with van der Waals surface area (Å²) in [6.45, 7) is 2.66. The molecule has 0 spiro atoms.